The lowest BCUT2D eigenvalue weighted by Gasteiger charge is -2.06. The Morgan fingerprint density at radius 3 is 2.40 bits per heavy atom. The van der Waals surface area contributed by atoms with Crippen LogP contribution in [0.25, 0.3) is 0 Å². The number of hydrogen-bond acceptors (Lipinski definition) is 4. The van der Waals surface area contributed by atoms with Crippen LogP contribution in [0.1, 0.15) is 44.0 Å². The largest absolute Gasteiger partial charge is 0.294 e. The first kappa shape index (κ1) is 19.5. The molecule has 30 heavy (non-hydrogen) atoms. The molecule has 0 fully saturated rings. The molecule has 0 unspecified atom stereocenters. The van der Waals surface area contributed by atoms with Gasteiger partial charge in [-0.3, -0.25) is 19.3 Å². The van der Waals surface area contributed by atoms with E-state index in [-0.39, 0.29) is 18.0 Å². The van der Waals surface area contributed by atoms with Crippen molar-refractivity contribution in [3.05, 3.63) is 119 Å². The highest BCUT2D eigenvalue weighted by Gasteiger charge is 2.16. The van der Waals surface area contributed by atoms with Crippen molar-refractivity contribution in [3.63, 3.8) is 0 Å². The summed E-state index contributed by atoms with van der Waals surface area (Å²) in [5.41, 5.74) is 3.97. The van der Waals surface area contributed by atoms with E-state index in [9.17, 15) is 9.59 Å². The van der Waals surface area contributed by atoms with Crippen LogP contribution >= 0.6 is 0 Å². The fourth-order valence-electron chi connectivity index (χ4n) is 3.33. The zero-order valence-electron chi connectivity index (χ0n) is 16.4. The van der Waals surface area contributed by atoms with Crippen LogP contribution in [0.15, 0.2) is 91.4 Å². The van der Waals surface area contributed by atoms with Crippen molar-refractivity contribution < 1.29 is 9.59 Å². The van der Waals surface area contributed by atoms with Crippen LogP contribution in [-0.4, -0.2) is 26.3 Å². The van der Waals surface area contributed by atoms with E-state index in [1.165, 1.54) is 5.56 Å². The number of nitrogens with zero attached hydrogens (tertiary/aromatic N) is 3. The van der Waals surface area contributed by atoms with E-state index in [1.54, 1.807) is 29.2 Å². The first-order valence-electron chi connectivity index (χ1n) is 9.79. The van der Waals surface area contributed by atoms with Crippen LogP contribution in [0.5, 0.6) is 0 Å². The highest BCUT2D eigenvalue weighted by Crippen LogP contribution is 2.14. The number of carbonyl (C=O) groups is 2. The summed E-state index contributed by atoms with van der Waals surface area (Å²) in [5.74, 6) is -0.482. The maximum Gasteiger partial charge on any atom is 0.188 e. The molecular weight excluding hydrogens is 374 g/mol. The molecule has 5 heteroatoms. The standard InChI is InChI=1S/C25H21N3O2/c29-24(22-9-4-8-20(15-22)14-19-6-2-1-3-7-19)17-25(30)23-16-21(10-12-26-23)18-28-13-5-11-27-28/h1-13,15-16H,14,17-18H2. The van der Waals surface area contributed by atoms with Gasteiger partial charge in [-0.05, 0) is 47.4 Å². The second-order valence-electron chi connectivity index (χ2n) is 7.14. The molecule has 0 aliphatic rings. The zero-order valence-corrected chi connectivity index (χ0v) is 16.4. The molecule has 0 bridgehead atoms. The van der Waals surface area contributed by atoms with E-state index in [1.807, 2.05) is 54.7 Å². The monoisotopic (exact) mass is 395 g/mol. The van der Waals surface area contributed by atoms with Gasteiger partial charge in [0.1, 0.15) is 5.69 Å². The SMILES string of the molecule is O=C(CC(=O)c1cc(Cn2cccn2)ccn1)c1cccc(Cc2ccccc2)c1. The maximum absolute atomic E-state index is 12.7. The van der Waals surface area contributed by atoms with Crippen molar-refractivity contribution in [2.75, 3.05) is 0 Å². The summed E-state index contributed by atoms with van der Waals surface area (Å²) in [5, 5.41) is 4.17. The number of ketones is 2. The van der Waals surface area contributed by atoms with Crippen molar-refractivity contribution >= 4 is 11.6 Å². The predicted molar refractivity (Wildman–Crippen MR) is 115 cm³/mol. The third-order valence-electron chi connectivity index (χ3n) is 4.83. The molecule has 2 aromatic carbocycles. The van der Waals surface area contributed by atoms with E-state index in [2.05, 4.69) is 22.2 Å². The second-order valence-corrected chi connectivity index (χ2v) is 7.14. The Bertz CT molecular complexity index is 1150. The average molecular weight is 395 g/mol. The Labute approximate surface area is 175 Å². The first-order chi connectivity index (χ1) is 14.7. The fourth-order valence-corrected chi connectivity index (χ4v) is 3.33. The lowest BCUT2D eigenvalue weighted by atomic mass is 9.99. The lowest BCUT2D eigenvalue weighted by Crippen LogP contribution is -2.11. The molecular formula is C25H21N3O2. The van der Waals surface area contributed by atoms with Crippen molar-refractivity contribution in [2.24, 2.45) is 0 Å². The number of aromatic nitrogens is 3. The molecule has 0 saturated heterocycles. The minimum atomic E-state index is -0.282. The summed E-state index contributed by atoms with van der Waals surface area (Å²) in [7, 11) is 0. The van der Waals surface area contributed by atoms with Gasteiger partial charge in [0.15, 0.2) is 11.6 Å². The molecule has 148 valence electrons. The number of pyridine rings is 1. The van der Waals surface area contributed by atoms with Gasteiger partial charge < -0.3 is 0 Å². The number of benzene rings is 2. The van der Waals surface area contributed by atoms with Gasteiger partial charge in [-0.1, -0.05) is 48.5 Å². The molecule has 2 heterocycles. The number of Topliss-reactive ketones (excluding diaryl/α,β-unsaturated/α-hetero) is 2. The summed E-state index contributed by atoms with van der Waals surface area (Å²) >= 11 is 0. The van der Waals surface area contributed by atoms with Gasteiger partial charge in [0.2, 0.25) is 0 Å². The fraction of sp³-hybridized carbons (Fsp3) is 0.120. The van der Waals surface area contributed by atoms with Gasteiger partial charge in [0, 0.05) is 24.2 Å². The van der Waals surface area contributed by atoms with Crippen molar-refractivity contribution in [1.29, 1.82) is 0 Å². The molecule has 0 amide bonds. The van der Waals surface area contributed by atoms with E-state index in [4.69, 9.17) is 0 Å². The molecule has 0 aliphatic heterocycles. The summed E-state index contributed by atoms with van der Waals surface area (Å²) in [6.45, 7) is 0.547. The minimum absolute atomic E-state index is 0.200. The Morgan fingerprint density at radius 1 is 0.767 bits per heavy atom. The molecule has 0 spiro atoms. The summed E-state index contributed by atoms with van der Waals surface area (Å²) in [6.07, 6.45) is 5.70. The van der Waals surface area contributed by atoms with Crippen LogP contribution in [0.3, 0.4) is 0 Å². The van der Waals surface area contributed by atoms with E-state index in [0.29, 0.717) is 17.8 Å². The maximum atomic E-state index is 12.7. The van der Waals surface area contributed by atoms with Crippen LogP contribution in [0.2, 0.25) is 0 Å². The Morgan fingerprint density at radius 2 is 1.60 bits per heavy atom. The second kappa shape index (κ2) is 9.09. The molecule has 2 aromatic heterocycles. The molecule has 0 atom stereocenters. The van der Waals surface area contributed by atoms with E-state index >= 15 is 0 Å². The molecule has 4 rings (SSSR count). The third kappa shape index (κ3) is 4.94. The highest BCUT2D eigenvalue weighted by atomic mass is 16.1. The normalized spacial score (nSPS) is 10.7. The number of rotatable bonds is 8. The lowest BCUT2D eigenvalue weighted by molar-refractivity contribution is 0.0891. The summed E-state index contributed by atoms with van der Waals surface area (Å²) < 4.78 is 1.77. The van der Waals surface area contributed by atoms with Gasteiger partial charge in [0.05, 0.1) is 13.0 Å². The van der Waals surface area contributed by atoms with Crippen LogP contribution < -0.4 is 0 Å². The predicted octanol–water partition coefficient (Wildman–Crippen LogP) is 4.37. The van der Waals surface area contributed by atoms with Crippen LogP contribution in [0, 0.1) is 0 Å². The Balaban J connectivity index is 1.43. The zero-order chi connectivity index (χ0) is 20.8. The van der Waals surface area contributed by atoms with Gasteiger partial charge in [-0.25, -0.2) is 0 Å². The Kier molecular flexibility index (Phi) is 5.90. The van der Waals surface area contributed by atoms with Crippen LogP contribution in [-0.2, 0) is 13.0 Å². The molecule has 5 nitrogen and oxygen atoms in total. The Hall–Kier alpha value is -3.86. The van der Waals surface area contributed by atoms with Gasteiger partial charge >= 0.3 is 0 Å². The summed E-state index contributed by atoms with van der Waals surface area (Å²) in [4.78, 5) is 29.5. The molecule has 0 aliphatic carbocycles. The third-order valence-corrected chi connectivity index (χ3v) is 4.83. The molecule has 0 N–H and O–H groups in total. The highest BCUT2D eigenvalue weighted by molar-refractivity contribution is 6.12. The van der Waals surface area contributed by atoms with E-state index < -0.39 is 0 Å². The van der Waals surface area contributed by atoms with Gasteiger partial charge in [0.25, 0.3) is 0 Å². The average Bonchev–Trinajstić information content (AvgIpc) is 3.28. The number of hydrogen-bond donors (Lipinski definition) is 0. The van der Waals surface area contributed by atoms with Gasteiger partial charge in [-0.2, -0.15) is 5.10 Å². The molecule has 4 aromatic rings. The van der Waals surface area contributed by atoms with E-state index in [0.717, 1.165) is 17.5 Å². The van der Waals surface area contributed by atoms with Crippen molar-refractivity contribution in [1.82, 2.24) is 14.8 Å². The summed E-state index contributed by atoms with van der Waals surface area (Å²) in [6, 6.07) is 23.0. The smallest absolute Gasteiger partial charge is 0.188 e. The van der Waals surface area contributed by atoms with Crippen molar-refractivity contribution in [2.45, 2.75) is 19.4 Å². The van der Waals surface area contributed by atoms with Crippen molar-refractivity contribution in [3.8, 4) is 0 Å². The van der Waals surface area contributed by atoms with Crippen LogP contribution in [0.4, 0.5) is 0 Å². The quantitative estimate of drug-likeness (QED) is 0.328. The first-order valence-corrected chi connectivity index (χ1v) is 9.79. The van der Waals surface area contributed by atoms with Gasteiger partial charge in [-0.15, -0.1) is 0 Å². The number of carbonyl (C=O) groups excluding carboxylic acids is 2. The topological polar surface area (TPSA) is 64.8 Å². The molecule has 0 radical (unpaired) electrons. The minimum Gasteiger partial charge on any atom is -0.294 e. The molecule has 0 saturated carbocycles.